The van der Waals surface area contributed by atoms with Crippen molar-refractivity contribution in [2.24, 2.45) is 22.1 Å². The molecule has 3 aromatic rings. The lowest BCUT2D eigenvalue weighted by molar-refractivity contribution is -0.0429. The molecule has 0 bridgehead atoms. The number of nitrogens with one attached hydrogen (secondary N) is 1. The molecule has 2 atom stereocenters. The Morgan fingerprint density at radius 1 is 0.953 bits per heavy atom. The molecule has 1 heterocycles. The number of hydrogen-bond donors (Lipinski definition) is 1. The first-order valence-corrected chi connectivity index (χ1v) is 17.5. The Hall–Kier alpha value is -2.44. The molecular formula is C30H41ClF3N5O2S2. The fourth-order valence-electron chi connectivity index (χ4n) is 4.86. The lowest BCUT2D eigenvalue weighted by Gasteiger charge is -2.33. The van der Waals surface area contributed by atoms with Crippen molar-refractivity contribution in [1.82, 2.24) is 4.98 Å². The van der Waals surface area contributed by atoms with Crippen LogP contribution in [0.3, 0.4) is 0 Å². The predicted octanol–water partition coefficient (Wildman–Crippen LogP) is 10.9. The number of alkyl halides is 3. The Bertz CT molecular complexity index is 1450. The number of benzene rings is 2. The van der Waals surface area contributed by atoms with Gasteiger partial charge in [-0.3, -0.25) is 4.72 Å². The van der Waals surface area contributed by atoms with Gasteiger partial charge in [0.1, 0.15) is 5.69 Å². The lowest BCUT2D eigenvalue weighted by atomic mass is 9.95. The maximum atomic E-state index is 13.4. The fourth-order valence-corrected chi connectivity index (χ4v) is 6.49. The van der Waals surface area contributed by atoms with Crippen LogP contribution in [-0.4, -0.2) is 32.0 Å². The number of anilines is 2. The summed E-state index contributed by atoms with van der Waals surface area (Å²) < 4.78 is 67.3. The van der Waals surface area contributed by atoms with Gasteiger partial charge in [-0.15, -0.1) is 10.2 Å². The van der Waals surface area contributed by atoms with E-state index in [0.29, 0.717) is 28.1 Å². The second kappa shape index (κ2) is 16.0. The van der Waals surface area contributed by atoms with Crippen molar-refractivity contribution in [2.45, 2.75) is 84.6 Å². The maximum Gasteiger partial charge on any atom is 0.516 e. The van der Waals surface area contributed by atoms with Crippen LogP contribution in [0.5, 0.6) is 0 Å². The summed E-state index contributed by atoms with van der Waals surface area (Å²) in [6, 6.07) is 9.87. The van der Waals surface area contributed by atoms with Gasteiger partial charge in [0, 0.05) is 23.8 Å². The Morgan fingerprint density at radius 3 is 2.14 bits per heavy atom. The molecule has 2 unspecified atom stereocenters. The highest BCUT2D eigenvalue weighted by molar-refractivity contribution is 7.93. The molecule has 0 aliphatic rings. The van der Waals surface area contributed by atoms with Crippen LogP contribution in [0.1, 0.15) is 79.1 Å². The number of hydrogen-bond acceptors (Lipinski definition) is 7. The largest absolute Gasteiger partial charge is 0.516 e. The molecule has 0 saturated heterocycles. The second-order valence-electron chi connectivity index (χ2n) is 10.8. The van der Waals surface area contributed by atoms with E-state index in [4.69, 9.17) is 11.6 Å². The number of halogens is 4. The van der Waals surface area contributed by atoms with E-state index in [-0.39, 0.29) is 16.5 Å². The standard InChI is InChI=1S/C30H41ClF3N5O2S2/c1-5-9-11-21(7-3)19-39(20-22(8-4)12-10-6-2)24-14-16-25(27(18-24)38-43(40,41)30(32,33)34)36-37-29-35-26-15-13-23(31)17-28(26)42-29/h13-18,21-22,38H,5-12,19-20H2,1-4H3. The van der Waals surface area contributed by atoms with Crippen molar-refractivity contribution in [3.8, 4) is 0 Å². The minimum atomic E-state index is -5.70. The Labute approximate surface area is 262 Å². The molecular weight excluding hydrogens is 619 g/mol. The molecule has 1 N–H and O–H groups in total. The van der Waals surface area contributed by atoms with Crippen LogP contribution in [0, 0.1) is 11.8 Å². The van der Waals surface area contributed by atoms with Gasteiger partial charge in [0.15, 0.2) is 0 Å². The Kier molecular flexibility index (Phi) is 13.1. The summed E-state index contributed by atoms with van der Waals surface area (Å²) in [7, 11) is -5.70. The molecule has 0 saturated carbocycles. The highest BCUT2D eigenvalue weighted by atomic mass is 35.5. The molecule has 1 aromatic heterocycles. The van der Waals surface area contributed by atoms with Gasteiger partial charge in [0.2, 0.25) is 5.13 Å². The van der Waals surface area contributed by atoms with Crippen molar-refractivity contribution in [1.29, 1.82) is 0 Å². The van der Waals surface area contributed by atoms with E-state index in [1.807, 2.05) is 0 Å². The molecule has 0 aliphatic heterocycles. The number of unbranched alkanes of at least 4 members (excludes halogenated alkanes) is 2. The summed E-state index contributed by atoms with van der Waals surface area (Å²) in [5.74, 6) is 0.789. The summed E-state index contributed by atoms with van der Waals surface area (Å²) in [5.41, 5.74) is -4.56. The zero-order chi connectivity index (χ0) is 31.6. The van der Waals surface area contributed by atoms with Gasteiger partial charge in [-0.05, 0) is 61.1 Å². The van der Waals surface area contributed by atoms with E-state index in [0.717, 1.165) is 69.2 Å². The van der Waals surface area contributed by atoms with Crippen LogP contribution in [0.15, 0.2) is 46.6 Å². The van der Waals surface area contributed by atoms with E-state index in [2.05, 4.69) is 47.8 Å². The number of azo groups is 1. The Morgan fingerprint density at radius 2 is 1.58 bits per heavy atom. The molecule has 0 fully saturated rings. The van der Waals surface area contributed by atoms with Gasteiger partial charge in [0.25, 0.3) is 0 Å². The lowest BCUT2D eigenvalue weighted by Crippen LogP contribution is -2.34. The maximum absolute atomic E-state index is 13.4. The molecule has 2 aromatic carbocycles. The van der Waals surface area contributed by atoms with E-state index < -0.39 is 15.5 Å². The van der Waals surface area contributed by atoms with Crippen LogP contribution in [0.2, 0.25) is 5.02 Å². The number of sulfonamides is 1. The first-order chi connectivity index (χ1) is 20.4. The number of fused-ring (bicyclic) bond motifs is 1. The van der Waals surface area contributed by atoms with Crippen LogP contribution in [0.25, 0.3) is 10.2 Å². The zero-order valence-corrected chi connectivity index (χ0v) is 27.5. The molecule has 0 amide bonds. The first-order valence-electron chi connectivity index (χ1n) is 14.9. The molecule has 43 heavy (non-hydrogen) atoms. The molecule has 7 nitrogen and oxygen atoms in total. The second-order valence-corrected chi connectivity index (χ2v) is 13.9. The summed E-state index contributed by atoms with van der Waals surface area (Å²) in [6.07, 6.45) is 8.36. The van der Waals surface area contributed by atoms with E-state index in [9.17, 15) is 21.6 Å². The van der Waals surface area contributed by atoms with Crippen LogP contribution < -0.4 is 9.62 Å². The number of nitrogens with zero attached hydrogens (tertiary/aromatic N) is 4. The fraction of sp³-hybridized carbons (Fsp3) is 0.567. The average molecular weight is 660 g/mol. The quantitative estimate of drug-likeness (QED) is 0.146. The van der Waals surface area contributed by atoms with Gasteiger partial charge in [-0.2, -0.15) is 21.6 Å². The first kappa shape index (κ1) is 35.0. The van der Waals surface area contributed by atoms with Crippen molar-refractivity contribution in [2.75, 3.05) is 22.7 Å². The van der Waals surface area contributed by atoms with E-state index in [1.54, 1.807) is 29.0 Å². The van der Waals surface area contributed by atoms with Crippen LogP contribution >= 0.6 is 22.9 Å². The molecule has 0 spiro atoms. The average Bonchev–Trinajstić information content (AvgIpc) is 3.37. The summed E-state index contributed by atoms with van der Waals surface area (Å²) in [4.78, 5) is 6.56. The monoisotopic (exact) mass is 659 g/mol. The summed E-state index contributed by atoms with van der Waals surface area (Å²) >= 11 is 7.27. The molecule has 0 radical (unpaired) electrons. The van der Waals surface area contributed by atoms with E-state index >= 15 is 0 Å². The molecule has 0 aliphatic carbocycles. The number of rotatable bonds is 17. The minimum absolute atomic E-state index is 0.0511. The highest BCUT2D eigenvalue weighted by Crippen LogP contribution is 2.37. The normalized spacial score (nSPS) is 14.0. The topological polar surface area (TPSA) is 87.0 Å². The molecule has 13 heteroatoms. The van der Waals surface area contributed by atoms with Crippen molar-refractivity contribution < 1.29 is 21.6 Å². The SMILES string of the molecule is CCCCC(CC)CN(CC(CC)CCCC)c1ccc(N=Nc2nc3ccc(Cl)cc3s2)c(NS(=O)(=O)C(F)(F)F)c1. The van der Waals surface area contributed by atoms with E-state index in [1.165, 1.54) is 23.5 Å². The van der Waals surface area contributed by atoms with Crippen molar-refractivity contribution in [3.63, 3.8) is 0 Å². The summed E-state index contributed by atoms with van der Waals surface area (Å²) in [5, 5.41) is 9.04. The van der Waals surface area contributed by atoms with Gasteiger partial charge in [-0.1, -0.05) is 89.2 Å². The van der Waals surface area contributed by atoms with Crippen molar-refractivity contribution in [3.05, 3.63) is 41.4 Å². The number of aromatic nitrogens is 1. The molecule has 3 rings (SSSR count). The third-order valence-corrected chi connectivity index (χ3v) is 9.76. The highest BCUT2D eigenvalue weighted by Gasteiger charge is 2.46. The Balaban J connectivity index is 2.04. The zero-order valence-electron chi connectivity index (χ0n) is 25.1. The van der Waals surface area contributed by atoms with Gasteiger partial charge >= 0.3 is 15.5 Å². The van der Waals surface area contributed by atoms with Gasteiger partial charge in [0.05, 0.1) is 15.9 Å². The minimum Gasteiger partial charge on any atom is -0.371 e. The smallest absolute Gasteiger partial charge is 0.371 e. The molecule has 238 valence electrons. The van der Waals surface area contributed by atoms with Gasteiger partial charge in [-0.25, -0.2) is 4.98 Å². The number of thiazole rings is 1. The third kappa shape index (κ3) is 10.0. The van der Waals surface area contributed by atoms with Crippen LogP contribution in [0.4, 0.5) is 35.4 Å². The third-order valence-electron chi connectivity index (χ3n) is 7.52. The van der Waals surface area contributed by atoms with Crippen LogP contribution in [-0.2, 0) is 10.0 Å². The summed E-state index contributed by atoms with van der Waals surface area (Å²) in [6.45, 7) is 10.0. The van der Waals surface area contributed by atoms with Crippen molar-refractivity contribution >= 4 is 65.4 Å². The predicted molar refractivity (Wildman–Crippen MR) is 173 cm³/mol. The van der Waals surface area contributed by atoms with Gasteiger partial charge < -0.3 is 4.90 Å².